The zero-order valence-electron chi connectivity index (χ0n) is 45.8. The van der Waals surface area contributed by atoms with Crippen molar-refractivity contribution in [1.82, 2.24) is 0 Å². The first-order valence-corrected chi connectivity index (χ1v) is 28.5. The fraction of sp³-hybridized carbons (Fsp3) is 0.189. The predicted molar refractivity (Wildman–Crippen MR) is 332 cm³/mol. The Bertz CT molecular complexity index is 3620. The normalized spacial score (nSPS) is 12.2. The molecule has 0 bridgehead atoms. The van der Waals surface area contributed by atoms with E-state index >= 15 is 0 Å². The quantitative estimate of drug-likeness (QED) is 0.0800. The third kappa shape index (κ3) is 10.6. The first-order chi connectivity index (χ1) is 38.3. The van der Waals surface area contributed by atoms with Gasteiger partial charge in [-0.15, -0.1) is 0 Å². The molecule has 0 fully saturated rings. The molecule has 0 heterocycles. The van der Waals surface area contributed by atoms with Gasteiger partial charge in [-0.05, 0) is 255 Å². The van der Waals surface area contributed by atoms with Gasteiger partial charge in [0.1, 0.15) is 0 Å². The van der Waals surface area contributed by atoms with Crippen LogP contribution in [0.4, 0.5) is 68.2 Å². The molecule has 0 unspecified atom stereocenters. The van der Waals surface area contributed by atoms with Crippen molar-refractivity contribution < 1.29 is 0 Å². The minimum Gasteiger partial charge on any atom is -0.311 e. The molecule has 4 nitrogen and oxygen atoms in total. The molecule has 0 N–H and O–H groups in total. The van der Waals surface area contributed by atoms with Crippen LogP contribution in [0.3, 0.4) is 0 Å². The molecule has 0 atom stereocenters. The van der Waals surface area contributed by atoms with Gasteiger partial charge in [0.05, 0.1) is 0 Å². The van der Waals surface area contributed by atoms with Gasteiger partial charge >= 0.3 is 0 Å². The number of nitrogens with zero attached hydrogens (tertiary/aromatic N) is 4. The molecule has 0 aromatic heterocycles. The Hall–Kier alpha value is -8.60. The van der Waals surface area contributed by atoms with Gasteiger partial charge in [-0.25, -0.2) is 0 Å². The minimum absolute atomic E-state index is 1.09. The Kier molecular flexibility index (Phi) is 14.5. The smallest absolute Gasteiger partial charge is 0.0464 e. The van der Waals surface area contributed by atoms with Crippen LogP contribution in [-0.2, 0) is 38.5 Å². The molecule has 12 rings (SSSR count). The van der Waals surface area contributed by atoms with Crippen LogP contribution in [0, 0.1) is 13.8 Å². The zero-order valence-corrected chi connectivity index (χ0v) is 45.8. The summed E-state index contributed by atoms with van der Waals surface area (Å²) in [5.74, 6) is 0. The topological polar surface area (TPSA) is 13.0 Å². The van der Waals surface area contributed by atoms with Crippen LogP contribution < -0.4 is 19.6 Å². The van der Waals surface area contributed by atoms with Crippen LogP contribution in [0.2, 0.25) is 0 Å². The van der Waals surface area contributed by atoms with Gasteiger partial charge in [0, 0.05) is 68.2 Å². The van der Waals surface area contributed by atoms with Gasteiger partial charge in [0.15, 0.2) is 0 Å². The summed E-state index contributed by atoms with van der Waals surface area (Å²) in [6.45, 7) is 8.83. The number of aryl methyl sites for hydroxylation is 8. The number of unbranched alkanes of at least 4 members (excludes halogenated alkanes) is 2. The summed E-state index contributed by atoms with van der Waals surface area (Å²) < 4.78 is 0. The summed E-state index contributed by atoms with van der Waals surface area (Å²) in [7, 11) is 0. The second-order valence-corrected chi connectivity index (χ2v) is 21.6. The largest absolute Gasteiger partial charge is 0.311 e. The average Bonchev–Trinajstić information content (AvgIpc) is 3.48. The molecule has 0 amide bonds. The van der Waals surface area contributed by atoms with E-state index in [1.165, 1.54) is 99.1 Å². The van der Waals surface area contributed by atoms with E-state index in [2.05, 4.69) is 278 Å². The highest BCUT2D eigenvalue weighted by Crippen LogP contribution is 2.44. The van der Waals surface area contributed by atoms with Gasteiger partial charge in [0.25, 0.3) is 0 Å². The van der Waals surface area contributed by atoms with Gasteiger partial charge < -0.3 is 19.6 Å². The van der Waals surface area contributed by atoms with Crippen LogP contribution in [0.1, 0.15) is 84.0 Å². The van der Waals surface area contributed by atoms with Gasteiger partial charge in [0.2, 0.25) is 0 Å². The van der Waals surface area contributed by atoms with Gasteiger partial charge in [-0.1, -0.05) is 123 Å². The Balaban J connectivity index is 0.845. The number of rotatable bonds is 19. The molecule has 0 saturated heterocycles. The Morgan fingerprint density at radius 1 is 0.256 bits per heavy atom. The maximum Gasteiger partial charge on any atom is 0.0464 e. The molecule has 386 valence electrons. The molecule has 10 aromatic rings. The number of anilines is 12. The molecule has 2 aliphatic rings. The predicted octanol–water partition coefficient (Wildman–Crippen LogP) is 20.7. The summed E-state index contributed by atoms with van der Waals surface area (Å²) in [5, 5.41) is 0. The zero-order chi connectivity index (χ0) is 53.0. The lowest BCUT2D eigenvalue weighted by molar-refractivity contribution is 0.795. The van der Waals surface area contributed by atoms with Gasteiger partial charge in [-0.3, -0.25) is 0 Å². The summed E-state index contributed by atoms with van der Waals surface area (Å²) >= 11 is 0. The summed E-state index contributed by atoms with van der Waals surface area (Å²) in [6, 6.07) is 86.5. The van der Waals surface area contributed by atoms with Crippen molar-refractivity contribution in [1.29, 1.82) is 0 Å². The number of benzene rings is 10. The maximum absolute atomic E-state index is 2.41. The second kappa shape index (κ2) is 22.5. The lowest BCUT2D eigenvalue weighted by Crippen LogP contribution is -2.15. The standard InChI is InChI=1S/C74H70N4/c1-5-7-9-55-15-33-65(34-16-55)75(63-29-11-53(3)12-30-63)69-43-45-70(46-44-69)76(66-35-17-56(18-36-66)10-8-6-2)67-37-23-57(24-38-67)58-25-39-68(40-26-58)78(74-42-28-60-20-22-62(60)52-74)72-49-47-71(48-50-72)77(64-31-13-54(4)14-32-64)73-41-27-59-19-21-61(59)51-73/h11-18,23-52H,5-10,19-22H2,1-4H3. The maximum atomic E-state index is 2.41. The highest BCUT2D eigenvalue weighted by atomic mass is 15.2. The van der Waals surface area contributed by atoms with E-state index < -0.39 is 0 Å². The lowest BCUT2D eigenvalue weighted by atomic mass is 9.88. The highest BCUT2D eigenvalue weighted by Gasteiger charge is 2.22. The Labute approximate surface area is 463 Å². The monoisotopic (exact) mass is 1010 g/mol. The molecule has 0 spiro atoms. The Morgan fingerprint density at radius 2 is 0.487 bits per heavy atom. The SMILES string of the molecule is CCCCc1ccc(N(c2ccc(C)cc2)c2ccc(N(c3ccc(CCCC)cc3)c3ccc(-c4ccc(N(c5ccc(N(c6ccc(C)cc6)c6ccc7c(c6)CC7)cc5)c5ccc6c(c5)CC6)cc4)cc3)cc2)cc1. The molecule has 10 aromatic carbocycles. The Morgan fingerprint density at radius 3 is 0.744 bits per heavy atom. The van der Waals surface area contributed by atoms with Crippen molar-refractivity contribution in [2.75, 3.05) is 19.6 Å². The van der Waals surface area contributed by atoms with Crippen LogP contribution in [0.5, 0.6) is 0 Å². The first-order valence-electron chi connectivity index (χ1n) is 28.5. The molecule has 4 heteroatoms. The van der Waals surface area contributed by atoms with Crippen molar-refractivity contribution >= 4 is 68.2 Å². The van der Waals surface area contributed by atoms with Gasteiger partial charge in [-0.2, -0.15) is 0 Å². The molecule has 0 saturated carbocycles. The van der Waals surface area contributed by atoms with E-state index in [-0.39, 0.29) is 0 Å². The van der Waals surface area contributed by atoms with Crippen molar-refractivity contribution in [2.24, 2.45) is 0 Å². The van der Waals surface area contributed by atoms with E-state index in [1.54, 1.807) is 0 Å². The molecular weight excluding hydrogens is 945 g/mol. The highest BCUT2D eigenvalue weighted by molar-refractivity contribution is 5.85. The molecule has 2 aliphatic carbocycles. The van der Waals surface area contributed by atoms with Crippen LogP contribution >= 0.6 is 0 Å². The lowest BCUT2D eigenvalue weighted by Gasteiger charge is -2.30. The third-order valence-electron chi connectivity index (χ3n) is 16.2. The van der Waals surface area contributed by atoms with Crippen molar-refractivity contribution in [3.05, 3.63) is 275 Å². The number of hydrogen-bond donors (Lipinski definition) is 0. The fourth-order valence-electron chi connectivity index (χ4n) is 11.3. The number of fused-ring (bicyclic) bond motifs is 2. The van der Waals surface area contributed by atoms with Crippen molar-refractivity contribution in [3.63, 3.8) is 0 Å². The van der Waals surface area contributed by atoms with Crippen molar-refractivity contribution in [3.8, 4) is 11.1 Å². The summed E-state index contributed by atoms with van der Waals surface area (Å²) in [4.78, 5) is 9.57. The molecule has 0 aliphatic heterocycles. The van der Waals surface area contributed by atoms with Crippen LogP contribution in [0.25, 0.3) is 11.1 Å². The van der Waals surface area contributed by atoms with Crippen molar-refractivity contribution in [2.45, 2.75) is 91.9 Å². The van der Waals surface area contributed by atoms with Crippen LogP contribution in [0.15, 0.2) is 231 Å². The van der Waals surface area contributed by atoms with E-state index in [4.69, 9.17) is 0 Å². The van der Waals surface area contributed by atoms with E-state index in [0.29, 0.717) is 0 Å². The second-order valence-electron chi connectivity index (χ2n) is 21.6. The third-order valence-corrected chi connectivity index (χ3v) is 16.2. The minimum atomic E-state index is 1.09. The first kappa shape index (κ1) is 50.2. The van der Waals surface area contributed by atoms with E-state index in [1.807, 2.05) is 0 Å². The molecule has 0 radical (unpaired) electrons. The molecular formula is C74H70N4. The van der Waals surface area contributed by atoms with E-state index in [0.717, 1.165) is 89.0 Å². The molecule has 78 heavy (non-hydrogen) atoms. The van der Waals surface area contributed by atoms with E-state index in [9.17, 15) is 0 Å². The fourth-order valence-corrected chi connectivity index (χ4v) is 11.3. The number of hydrogen-bond acceptors (Lipinski definition) is 4. The summed E-state index contributed by atoms with van der Waals surface area (Å²) in [5.41, 5.74) is 27.2. The summed E-state index contributed by atoms with van der Waals surface area (Å²) in [6.07, 6.45) is 11.6. The average molecular weight is 1020 g/mol. The van der Waals surface area contributed by atoms with Crippen LogP contribution in [-0.4, -0.2) is 0 Å².